The van der Waals surface area contributed by atoms with Crippen molar-refractivity contribution < 1.29 is 4.42 Å². The maximum absolute atomic E-state index is 6.16. The van der Waals surface area contributed by atoms with Gasteiger partial charge in [0.25, 0.3) is 0 Å². The van der Waals surface area contributed by atoms with Crippen molar-refractivity contribution in [1.82, 2.24) is 9.55 Å². The van der Waals surface area contributed by atoms with Crippen LogP contribution in [0.25, 0.3) is 11.0 Å². The van der Waals surface area contributed by atoms with Gasteiger partial charge in [-0.2, -0.15) is 0 Å². The van der Waals surface area contributed by atoms with E-state index in [4.69, 9.17) is 28.2 Å². The van der Waals surface area contributed by atoms with E-state index in [1.54, 1.807) is 6.26 Å². The highest BCUT2D eigenvalue weighted by Gasteiger charge is 2.16. The fourth-order valence-electron chi connectivity index (χ4n) is 2.15. The van der Waals surface area contributed by atoms with E-state index < -0.39 is 0 Å². The normalized spacial score (nSPS) is 13.0. The average molecular weight is 279 g/mol. The summed E-state index contributed by atoms with van der Waals surface area (Å²) in [5.41, 5.74) is 1.85. The van der Waals surface area contributed by atoms with Crippen molar-refractivity contribution in [3.8, 4) is 0 Å². The van der Waals surface area contributed by atoms with Gasteiger partial charge in [0.1, 0.15) is 5.76 Å². The highest BCUT2D eigenvalue weighted by molar-refractivity contribution is 7.71. The van der Waals surface area contributed by atoms with Gasteiger partial charge in [-0.3, -0.25) is 0 Å². The molecule has 0 radical (unpaired) electrons. The molecule has 3 rings (SSSR count). The fraction of sp³-hybridized carbons (Fsp3) is 0.154. The predicted octanol–water partition coefficient (Wildman–Crippen LogP) is 4.55. The summed E-state index contributed by atoms with van der Waals surface area (Å²) < 4.78 is 8.09. The summed E-state index contributed by atoms with van der Waals surface area (Å²) in [6, 6.07) is 9.59. The van der Waals surface area contributed by atoms with Crippen molar-refractivity contribution in [3.63, 3.8) is 0 Å². The van der Waals surface area contributed by atoms with Crippen LogP contribution in [0.1, 0.15) is 18.7 Å². The van der Waals surface area contributed by atoms with Crippen molar-refractivity contribution in [2.75, 3.05) is 0 Å². The monoisotopic (exact) mass is 278 g/mol. The first-order chi connectivity index (χ1) is 8.68. The number of benzene rings is 1. The third-order valence-electron chi connectivity index (χ3n) is 3.04. The summed E-state index contributed by atoms with van der Waals surface area (Å²) in [6.45, 7) is 2.04. The molecule has 0 aliphatic carbocycles. The molecular formula is C13H11ClN2OS. The molecule has 1 unspecified atom stereocenters. The number of aromatic amines is 1. The summed E-state index contributed by atoms with van der Waals surface area (Å²) in [4.78, 5) is 3.14. The van der Waals surface area contributed by atoms with Gasteiger partial charge in [0, 0.05) is 0 Å². The molecule has 0 saturated heterocycles. The number of H-pyrrole nitrogens is 1. The van der Waals surface area contributed by atoms with Crippen LogP contribution in [0.15, 0.2) is 41.0 Å². The summed E-state index contributed by atoms with van der Waals surface area (Å²) in [6.07, 6.45) is 1.66. The second kappa shape index (κ2) is 4.30. The Morgan fingerprint density at radius 1 is 1.33 bits per heavy atom. The van der Waals surface area contributed by atoms with E-state index in [-0.39, 0.29) is 6.04 Å². The number of furan rings is 1. The van der Waals surface area contributed by atoms with Crippen LogP contribution in [0.4, 0.5) is 0 Å². The SMILES string of the molecule is CC(c1ccco1)n1c(=S)[nH]c2c(Cl)cccc21. The third kappa shape index (κ3) is 1.69. The molecule has 2 aromatic heterocycles. The second-order valence-electron chi connectivity index (χ2n) is 4.13. The van der Waals surface area contributed by atoms with Gasteiger partial charge >= 0.3 is 0 Å². The molecule has 3 nitrogen and oxygen atoms in total. The lowest BCUT2D eigenvalue weighted by atomic mass is 10.2. The quantitative estimate of drug-likeness (QED) is 0.698. The zero-order valence-electron chi connectivity index (χ0n) is 9.68. The molecule has 1 atom stereocenters. The number of nitrogens with zero attached hydrogens (tertiary/aromatic N) is 1. The largest absolute Gasteiger partial charge is 0.467 e. The average Bonchev–Trinajstić information content (AvgIpc) is 2.96. The van der Waals surface area contributed by atoms with E-state index in [0.29, 0.717) is 9.79 Å². The molecule has 0 saturated carbocycles. The zero-order valence-corrected chi connectivity index (χ0v) is 11.3. The van der Waals surface area contributed by atoms with E-state index in [9.17, 15) is 0 Å². The highest BCUT2D eigenvalue weighted by Crippen LogP contribution is 2.28. The van der Waals surface area contributed by atoms with Gasteiger partial charge in [-0.05, 0) is 43.4 Å². The van der Waals surface area contributed by atoms with E-state index in [0.717, 1.165) is 16.8 Å². The van der Waals surface area contributed by atoms with Crippen LogP contribution < -0.4 is 0 Å². The molecule has 92 valence electrons. The van der Waals surface area contributed by atoms with Crippen LogP contribution in [-0.4, -0.2) is 9.55 Å². The molecule has 18 heavy (non-hydrogen) atoms. The molecule has 0 amide bonds. The van der Waals surface area contributed by atoms with Crippen LogP contribution in [0, 0.1) is 4.77 Å². The molecule has 3 aromatic rings. The first-order valence-electron chi connectivity index (χ1n) is 5.60. The Labute approximate surface area is 114 Å². The van der Waals surface area contributed by atoms with Crippen molar-refractivity contribution >= 4 is 34.9 Å². The van der Waals surface area contributed by atoms with Crippen LogP contribution in [0.3, 0.4) is 0 Å². The van der Waals surface area contributed by atoms with Gasteiger partial charge in [-0.1, -0.05) is 17.7 Å². The number of nitrogens with one attached hydrogen (secondary N) is 1. The van der Waals surface area contributed by atoms with Crippen LogP contribution in [0.2, 0.25) is 5.02 Å². The van der Waals surface area contributed by atoms with Crippen LogP contribution in [0.5, 0.6) is 0 Å². The second-order valence-corrected chi connectivity index (χ2v) is 4.92. The number of para-hydroxylation sites is 1. The molecule has 1 aromatic carbocycles. The number of hydrogen-bond acceptors (Lipinski definition) is 2. The molecule has 1 N–H and O–H groups in total. The molecular weight excluding hydrogens is 268 g/mol. The van der Waals surface area contributed by atoms with Gasteiger partial charge in [-0.25, -0.2) is 0 Å². The van der Waals surface area contributed by atoms with Gasteiger partial charge in [-0.15, -0.1) is 0 Å². The van der Waals surface area contributed by atoms with Gasteiger partial charge in [0.05, 0.1) is 28.4 Å². The topological polar surface area (TPSA) is 33.9 Å². The number of fused-ring (bicyclic) bond motifs is 1. The molecule has 0 spiro atoms. The molecule has 2 heterocycles. The van der Waals surface area contributed by atoms with Crippen molar-refractivity contribution in [1.29, 1.82) is 0 Å². The number of hydrogen-bond donors (Lipinski definition) is 1. The summed E-state index contributed by atoms with van der Waals surface area (Å²) >= 11 is 11.5. The van der Waals surface area contributed by atoms with E-state index in [1.807, 2.05) is 41.8 Å². The van der Waals surface area contributed by atoms with Gasteiger partial charge < -0.3 is 14.0 Å². The lowest BCUT2D eigenvalue weighted by molar-refractivity contribution is 0.449. The van der Waals surface area contributed by atoms with Crippen molar-refractivity contribution in [2.24, 2.45) is 0 Å². The number of rotatable bonds is 2. The lowest BCUT2D eigenvalue weighted by Crippen LogP contribution is -2.05. The number of aromatic nitrogens is 2. The minimum absolute atomic E-state index is 0.0275. The van der Waals surface area contributed by atoms with Gasteiger partial charge in [0.2, 0.25) is 0 Å². The first-order valence-corrected chi connectivity index (χ1v) is 6.39. The maximum Gasteiger partial charge on any atom is 0.178 e. The summed E-state index contributed by atoms with van der Waals surface area (Å²) in [5.74, 6) is 0.868. The Balaban J connectivity index is 2.26. The zero-order chi connectivity index (χ0) is 12.7. The van der Waals surface area contributed by atoms with Crippen molar-refractivity contribution in [3.05, 3.63) is 52.1 Å². The lowest BCUT2D eigenvalue weighted by Gasteiger charge is -2.11. The van der Waals surface area contributed by atoms with E-state index >= 15 is 0 Å². The smallest absolute Gasteiger partial charge is 0.178 e. The van der Waals surface area contributed by atoms with Crippen LogP contribution in [-0.2, 0) is 0 Å². The molecule has 0 aliphatic heterocycles. The standard InChI is InChI=1S/C13H11ClN2OS/c1-8(11-6-3-7-17-11)16-10-5-2-4-9(14)12(10)15-13(16)18/h2-8H,1H3,(H,15,18). The minimum Gasteiger partial charge on any atom is -0.467 e. The Hall–Kier alpha value is -1.52. The molecule has 0 fully saturated rings. The Morgan fingerprint density at radius 2 is 2.17 bits per heavy atom. The first kappa shape index (κ1) is 11.6. The van der Waals surface area contributed by atoms with E-state index in [2.05, 4.69) is 4.98 Å². The maximum atomic E-state index is 6.16. The summed E-state index contributed by atoms with van der Waals surface area (Å²) in [5, 5.41) is 0.670. The van der Waals surface area contributed by atoms with Crippen molar-refractivity contribution in [2.45, 2.75) is 13.0 Å². The fourth-order valence-corrected chi connectivity index (χ4v) is 2.73. The summed E-state index contributed by atoms with van der Waals surface area (Å²) in [7, 11) is 0. The third-order valence-corrected chi connectivity index (χ3v) is 3.66. The Bertz CT molecular complexity index is 742. The van der Waals surface area contributed by atoms with Crippen LogP contribution >= 0.6 is 23.8 Å². The number of halogens is 1. The highest BCUT2D eigenvalue weighted by atomic mass is 35.5. The minimum atomic E-state index is 0.0275. The van der Waals surface area contributed by atoms with Gasteiger partial charge in [0.15, 0.2) is 4.77 Å². The molecule has 0 bridgehead atoms. The Morgan fingerprint density at radius 3 is 2.89 bits per heavy atom. The Kier molecular flexibility index (Phi) is 2.76. The van der Waals surface area contributed by atoms with E-state index in [1.165, 1.54) is 0 Å². The molecule has 5 heteroatoms. The number of imidazole rings is 1. The molecule has 0 aliphatic rings. The predicted molar refractivity (Wildman–Crippen MR) is 74.7 cm³/mol.